The Morgan fingerprint density at radius 2 is 1.82 bits per heavy atom. The number of guanidine groups is 2. The Labute approximate surface area is 128 Å². The fraction of sp³-hybridized carbons (Fsp3) is 0.357. The number of rotatable bonds is 4. The number of fused-ring (bicyclic) bond motifs is 1. The van der Waals surface area contributed by atoms with Crippen LogP contribution in [0.25, 0.3) is 0 Å². The topological polar surface area (TPSA) is 138 Å². The van der Waals surface area contributed by atoms with Gasteiger partial charge in [-0.05, 0) is 12.5 Å². The van der Waals surface area contributed by atoms with Crippen molar-refractivity contribution in [2.45, 2.75) is 19.8 Å². The van der Waals surface area contributed by atoms with Crippen molar-refractivity contribution in [2.24, 2.45) is 27.2 Å². The first kappa shape index (κ1) is 15.6. The molecule has 1 aliphatic rings. The molecule has 0 aliphatic carbocycles. The Kier molecular flexibility index (Phi) is 4.82. The van der Waals surface area contributed by atoms with Crippen LogP contribution in [-0.2, 0) is 0 Å². The summed E-state index contributed by atoms with van der Waals surface area (Å²) in [6.45, 7) is 2.79. The summed E-state index contributed by atoms with van der Waals surface area (Å²) in [5.74, 6) is 0.624. The van der Waals surface area contributed by atoms with Gasteiger partial charge in [0.05, 0.1) is 5.69 Å². The van der Waals surface area contributed by atoms with E-state index in [-0.39, 0.29) is 17.7 Å². The Morgan fingerprint density at radius 3 is 2.41 bits per heavy atom. The number of nitrogens with two attached hydrogens (primary N) is 3. The van der Waals surface area contributed by atoms with Crippen molar-refractivity contribution in [3.8, 4) is 11.5 Å². The van der Waals surface area contributed by atoms with Gasteiger partial charge in [-0.25, -0.2) is 4.99 Å². The number of hydrogen-bond acceptors (Lipinski definition) is 4. The van der Waals surface area contributed by atoms with Crippen molar-refractivity contribution >= 4 is 23.4 Å². The van der Waals surface area contributed by atoms with Crippen LogP contribution < -0.4 is 26.7 Å². The molecule has 0 bridgehead atoms. The van der Waals surface area contributed by atoms with Gasteiger partial charge < -0.3 is 26.7 Å². The predicted octanol–water partition coefficient (Wildman–Crippen LogP) is 0.660. The van der Waals surface area contributed by atoms with Crippen LogP contribution in [0.4, 0.5) is 5.69 Å². The highest BCUT2D eigenvalue weighted by Gasteiger charge is 2.19. The Balaban J connectivity index is 2.49. The molecule has 22 heavy (non-hydrogen) atoms. The van der Waals surface area contributed by atoms with Crippen molar-refractivity contribution in [3.05, 3.63) is 17.7 Å². The number of ether oxygens (including phenoxy) is 2. The summed E-state index contributed by atoms with van der Waals surface area (Å²) in [4.78, 5) is 20.0. The molecule has 0 saturated carbocycles. The minimum Gasteiger partial charge on any atom is -0.486 e. The summed E-state index contributed by atoms with van der Waals surface area (Å²) in [6.07, 6.45) is 1.12. The molecule has 8 nitrogen and oxygen atoms in total. The number of hydrogen-bond donors (Lipinski definition) is 3. The van der Waals surface area contributed by atoms with Gasteiger partial charge in [-0.3, -0.25) is 4.79 Å². The number of ketones is 1. The summed E-state index contributed by atoms with van der Waals surface area (Å²) < 4.78 is 11.0. The molecule has 6 N–H and O–H groups in total. The molecule has 1 aliphatic heterocycles. The van der Waals surface area contributed by atoms with E-state index in [1.807, 2.05) is 6.92 Å². The van der Waals surface area contributed by atoms with Gasteiger partial charge in [0.2, 0.25) is 5.96 Å². The van der Waals surface area contributed by atoms with E-state index in [1.54, 1.807) is 12.1 Å². The van der Waals surface area contributed by atoms with Gasteiger partial charge in [0.25, 0.3) is 0 Å². The number of nitrogens with zero attached hydrogens (tertiary/aromatic N) is 2. The van der Waals surface area contributed by atoms with Gasteiger partial charge in [-0.15, -0.1) is 0 Å². The molecule has 1 heterocycles. The molecule has 8 heteroatoms. The highest BCUT2D eigenvalue weighted by Crippen LogP contribution is 2.37. The molecular weight excluding hydrogens is 286 g/mol. The fourth-order valence-corrected chi connectivity index (χ4v) is 2.04. The Morgan fingerprint density at radius 1 is 1.18 bits per heavy atom. The van der Waals surface area contributed by atoms with Crippen molar-refractivity contribution in [1.29, 1.82) is 0 Å². The molecule has 1 aromatic carbocycles. The second-order valence-corrected chi connectivity index (χ2v) is 4.69. The fourth-order valence-electron chi connectivity index (χ4n) is 2.04. The first-order chi connectivity index (χ1) is 10.5. The first-order valence-electron chi connectivity index (χ1n) is 6.92. The van der Waals surface area contributed by atoms with E-state index in [2.05, 4.69) is 9.98 Å². The third kappa shape index (κ3) is 3.66. The molecule has 0 radical (unpaired) electrons. The Hall–Kier alpha value is -2.77. The highest BCUT2D eigenvalue weighted by atomic mass is 16.6. The number of carbonyl (C=O) groups is 1. The number of aliphatic imine (C=N–C) groups is 2. The van der Waals surface area contributed by atoms with E-state index in [4.69, 9.17) is 26.7 Å². The molecule has 0 unspecified atom stereocenters. The maximum atomic E-state index is 12.3. The third-order valence-corrected chi connectivity index (χ3v) is 2.92. The monoisotopic (exact) mass is 305 g/mol. The lowest BCUT2D eigenvalue weighted by molar-refractivity contribution is 0.0981. The van der Waals surface area contributed by atoms with E-state index in [0.717, 1.165) is 6.42 Å². The lowest BCUT2D eigenvalue weighted by Gasteiger charge is -2.19. The second-order valence-electron chi connectivity index (χ2n) is 4.69. The molecule has 0 fully saturated rings. The standard InChI is InChI=1S/C14H19N5O3/c1-2-3-10(20)8-6-11-12(22-5-4-21-11)7-9(8)18-14(17)19-13(15)16/h6-7H,2-5H2,1H3,(H6,15,16,17,18,19). The van der Waals surface area contributed by atoms with Crippen LogP contribution in [0.1, 0.15) is 30.1 Å². The molecule has 0 aromatic heterocycles. The zero-order chi connectivity index (χ0) is 16.1. The van der Waals surface area contributed by atoms with Crippen molar-refractivity contribution in [3.63, 3.8) is 0 Å². The van der Waals surface area contributed by atoms with E-state index in [9.17, 15) is 4.79 Å². The van der Waals surface area contributed by atoms with Crippen LogP contribution in [0.2, 0.25) is 0 Å². The average molecular weight is 305 g/mol. The molecule has 0 atom stereocenters. The van der Waals surface area contributed by atoms with Crippen LogP contribution in [0.3, 0.4) is 0 Å². The Bertz CT molecular complexity index is 636. The van der Waals surface area contributed by atoms with Crippen molar-refractivity contribution < 1.29 is 14.3 Å². The summed E-state index contributed by atoms with van der Waals surface area (Å²) in [5, 5.41) is 0. The number of carbonyl (C=O) groups excluding carboxylic acids is 1. The quantitative estimate of drug-likeness (QED) is 0.424. The molecule has 0 spiro atoms. The van der Waals surface area contributed by atoms with Crippen LogP contribution in [-0.4, -0.2) is 30.9 Å². The smallest absolute Gasteiger partial charge is 0.223 e. The van der Waals surface area contributed by atoms with E-state index in [1.165, 1.54) is 0 Å². The van der Waals surface area contributed by atoms with Crippen LogP contribution in [0, 0.1) is 0 Å². The summed E-state index contributed by atoms with van der Waals surface area (Å²) in [7, 11) is 0. The molecule has 0 saturated heterocycles. The first-order valence-corrected chi connectivity index (χ1v) is 6.92. The van der Waals surface area contributed by atoms with Gasteiger partial charge in [0.15, 0.2) is 23.2 Å². The van der Waals surface area contributed by atoms with Crippen LogP contribution >= 0.6 is 0 Å². The van der Waals surface area contributed by atoms with Gasteiger partial charge in [0, 0.05) is 18.1 Å². The van der Waals surface area contributed by atoms with Crippen LogP contribution in [0.5, 0.6) is 11.5 Å². The molecule has 118 valence electrons. The maximum Gasteiger partial charge on any atom is 0.223 e. The highest BCUT2D eigenvalue weighted by molar-refractivity contribution is 6.03. The summed E-state index contributed by atoms with van der Waals surface area (Å²) in [6, 6.07) is 3.22. The molecule has 2 rings (SSSR count). The van der Waals surface area contributed by atoms with E-state index >= 15 is 0 Å². The average Bonchev–Trinajstić information content (AvgIpc) is 2.45. The molecular formula is C14H19N5O3. The van der Waals surface area contributed by atoms with E-state index < -0.39 is 0 Å². The summed E-state index contributed by atoms with van der Waals surface area (Å²) in [5.41, 5.74) is 16.9. The maximum absolute atomic E-state index is 12.3. The second kappa shape index (κ2) is 6.79. The van der Waals surface area contributed by atoms with Crippen molar-refractivity contribution in [2.75, 3.05) is 13.2 Å². The van der Waals surface area contributed by atoms with Crippen LogP contribution in [0.15, 0.2) is 22.1 Å². The van der Waals surface area contributed by atoms with Gasteiger partial charge in [-0.1, -0.05) is 6.92 Å². The number of benzene rings is 1. The largest absolute Gasteiger partial charge is 0.486 e. The zero-order valence-electron chi connectivity index (χ0n) is 12.3. The SMILES string of the molecule is CCCC(=O)c1cc2c(cc1N=C(N)N=C(N)N)OCCO2. The van der Waals surface area contributed by atoms with Crippen molar-refractivity contribution in [1.82, 2.24) is 0 Å². The van der Waals surface area contributed by atoms with Gasteiger partial charge in [-0.2, -0.15) is 4.99 Å². The third-order valence-electron chi connectivity index (χ3n) is 2.92. The summed E-state index contributed by atoms with van der Waals surface area (Å²) >= 11 is 0. The minimum atomic E-state index is -0.208. The zero-order valence-corrected chi connectivity index (χ0v) is 12.3. The minimum absolute atomic E-state index is 0.0595. The molecule has 1 aromatic rings. The lowest BCUT2D eigenvalue weighted by atomic mass is 10.0. The van der Waals surface area contributed by atoms with Gasteiger partial charge >= 0.3 is 0 Å². The van der Waals surface area contributed by atoms with E-state index in [0.29, 0.717) is 42.4 Å². The lowest BCUT2D eigenvalue weighted by Crippen LogP contribution is -2.26. The number of Topliss-reactive ketones (excluding diaryl/α,β-unsaturated/α-hetero) is 1. The molecule has 0 amide bonds. The predicted molar refractivity (Wildman–Crippen MR) is 83.8 cm³/mol. The normalized spacial score (nSPS) is 13.6. The van der Waals surface area contributed by atoms with Gasteiger partial charge in [0.1, 0.15) is 13.2 Å².